The monoisotopic (exact) mass is 234 g/mol. The minimum Gasteiger partial charge on any atom is -0.359 e. The molecule has 3 nitrogen and oxygen atoms in total. The highest BCUT2D eigenvalue weighted by atomic mass is 16.1. The Labute approximate surface area is 104 Å². The summed E-state index contributed by atoms with van der Waals surface area (Å²) in [6, 6.07) is 8.57. The second-order valence-electron chi connectivity index (χ2n) is 4.27. The first kappa shape index (κ1) is 13.7. The first-order valence-corrected chi connectivity index (χ1v) is 6.19. The molecule has 0 bridgehead atoms. The number of carbonyl (C=O) groups is 1. The highest BCUT2D eigenvalue weighted by Gasteiger charge is 1.97. The zero-order chi connectivity index (χ0) is 12.5. The van der Waals surface area contributed by atoms with E-state index >= 15 is 0 Å². The fourth-order valence-corrected chi connectivity index (χ4v) is 1.72. The average Bonchev–Trinajstić information content (AvgIpc) is 2.33. The third-order valence-electron chi connectivity index (χ3n) is 2.71. The molecule has 1 aromatic rings. The molecule has 0 atom stereocenters. The molecule has 0 unspecified atom stereocenters. The van der Waals surface area contributed by atoms with Gasteiger partial charge in [-0.2, -0.15) is 0 Å². The molecule has 0 spiro atoms. The zero-order valence-electron chi connectivity index (χ0n) is 10.8. The van der Waals surface area contributed by atoms with Gasteiger partial charge in [0.1, 0.15) is 0 Å². The van der Waals surface area contributed by atoms with Crippen LogP contribution in [0, 0.1) is 6.92 Å². The van der Waals surface area contributed by atoms with E-state index in [0.717, 1.165) is 25.9 Å². The Morgan fingerprint density at radius 3 is 2.82 bits per heavy atom. The lowest BCUT2D eigenvalue weighted by molar-refractivity contribution is -0.120. The number of hydrogen-bond donors (Lipinski definition) is 2. The van der Waals surface area contributed by atoms with Crippen LogP contribution < -0.4 is 10.6 Å². The van der Waals surface area contributed by atoms with E-state index in [1.807, 2.05) is 0 Å². The van der Waals surface area contributed by atoms with Crippen LogP contribution >= 0.6 is 0 Å². The van der Waals surface area contributed by atoms with Crippen molar-refractivity contribution in [2.45, 2.75) is 26.2 Å². The van der Waals surface area contributed by atoms with Gasteiger partial charge in [-0.25, -0.2) is 0 Å². The Morgan fingerprint density at radius 1 is 1.29 bits per heavy atom. The van der Waals surface area contributed by atoms with E-state index in [9.17, 15) is 4.79 Å². The number of aryl methyl sites for hydroxylation is 1. The van der Waals surface area contributed by atoms with Gasteiger partial charge in [0, 0.05) is 13.5 Å². The molecule has 17 heavy (non-hydrogen) atoms. The maximum absolute atomic E-state index is 11.0. The third kappa shape index (κ3) is 6.07. The lowest BCUT2D eigenvalue weighted by Gasteiger charge is -2.05. The van der Waals surface area contributed by atoms with Crippen LogP contribution in [0.25, 0.3) is 0 Å². The van der Waals surface area contributed by atoms with Gasteiger partial charge in [0.25, 0.3) is 0 Å². The van der Waals surface area contributed by atoms with Crippen LogP contribution in [-0.2, 0) is 11.2 Å². The lowest BCUT2D eigenvalue weighted by atomic mass is 10.1. The average molecular weight is 234 g/mol. The molecule has 0 aromatic heterocycles. The fourth-order valence-electron chi connectivity index (χ4n) is 1.72. The molecule has 0 fully saturated rings. The van der Waals surface area contributed by atoms with Gasteiger partial charge >= 0.3 is 0 Å². The Hall–Kier alpha value is -1.35. The molecule has 1 aromatic carbocycles. The second-order valence-corrected chi connectivity index (χ2v) is 4.27. The van der Waals surface area contributed by atoms with Gasteiger partial charge in [0.05, 0.1) is 0 Å². The molecule has 0 radical (unpaired) electrons. The third-order valence-corrected chi connectivity index (χ3v) is 2.71. The van der Waals surface area contributed by atoms with Crippen LogP contribution in [0.1, 0.15) is 24.0 Å². The summed E-state index contributed by atoms with van der Waals surface area (Å²) in [5, 5.41) is 5.97. The van der Waals surface area contributed by atoms with E-state index < -0.39 is 0 Å². The lowest BCUT2D eigenvalue weighted by Crippen LogP contribution is -2.22. The van der Waals surface area contributed by atoms with Crippen molar-refractivity contribution in [3.8, 4) is 0 Å². The van der Waals surface area contributed by atoms with Crippen molar-refractivity contribution in [2.75, 3.05) is 20.1 Å². The van der Waals surface area contributed by atoms with Crippen molar-refractivity contribution in [1.29, 1.82) is 0 Å². The van der Waals surface area contributed by atoms with E-state index in [1.165, 1.54) is 11.1 Å². The Kier molecular flexibility index (Phi) is 6.33. The van der Waals surface area contributed by atoms with Crippen molar-refractivity contribution in [3.63, 3.8) is 0 Å². The molecule has 0 aliphatic heterocycles. The van der Waals surface area contributed by atoms with Crippen LogP contribution in [0.4, 0.5) is 0 Å². The van der Waals surface area contributed by atoms with Gasteiger partial charge in [-0.05, 0) is 38.4 Å². The normalized spacial score (nSPS) is 10.2. The second kappa shape index (κ2) is 7.85. The first-order chi connectivity index (χ1) is 8.22. The molecule has 1 rings (SSSR count). The van der Waals surface area contributed by atoms with Crippen LogP contribution in [0.5, 0.6) is 0 Å². The minimum absolute atomic E-state index is 0.116. The largest absolute Gasteiger partial charge is 0.359 e. The van der Waals surface area contributed by atoms with E-state index in [4.69, 9.17) is 0 Å². The molecule has 0 saturated heterocycles. The summed E-state index contributed by atoms with van der Waals surface area (Å²) in [4.78, 5) is 11.0. The Bertz CT molecular complexity index is 350. The maximum Gasteiger partial charge on any atom is 0.219 e. The first-order valence-electron chi connectivity index (χ1n) is 6.19. The summed E-state index contributed by atoms with van der Waals surface area (Å²) in [5.74, 6) is 0.116. The van der Waals surface area contributed by atoms with E-state index in [0.29, 0.717) is 6.42 Å². The van der Waals surface area contributed by atoms with Crippen LogP contribution in [0.3, 0.4) is 0 Å². The highest BCUT2D eigenvalue weighted by molar-refractivity contribution is 5.75. The number of hydrogen-bond acceptors (Lipinski definition) is 2. The molecule has 0 saturated carbocycles. The van der Waals surface area contributed by atoms with Gasteiger partial charge < -0.3 is 10.6 Å². The molecular formula is C14H22N2O. The summed E-state index contributed by atoms with van der Waals surface area (Å²) >= 11 is 0. The number of rotatable bonds is 7. The zero-order valence-corrected chi connectivity index (χ0v) is 10.8. The summed E-state index contributed by atoms with van der Waals surface area (Å²) < 4.78 is 0. The molecule has 0 aliphatic carbocycles. The number of nitrogens with one attached hydrogen (secondary N) is 2. The van der Waals surface area contributed by atoms with Crippen molar-refractivity contribution in [3.05, 3.63) is 35.4 Å². The highest BCUT2D eigenvalue weighted by Crippen LogP contribution is 2.03. The number of benzene rings is 1. The van der Waals surface area contributed by atoms with Gasteiger partial charge in [-0.1, -0.05) is 29.8 Å². The van der Waals surface area contributed by atoms with Crippen LogP contribution in [0.2, 0.25) is 0 Å². The van der Waals surface area contributed by atoms with Crippen LogP contribution in [-0.4, -0.2) is 26.0 Å². The maximum atomic E-state index is 11.0. The van der Waals surface area contributed by atoms with Gasteiger partial charge in [-0.3, -0.25) is 4.79 Å². The van der Waals surface area contributed by atoms with Crippen LogP contribution in [0.15, 0.2) is 24.3 Å². The fraction of sp³-hybridized carbons (Fsp3) is 0.500. The van der Waals surface area contributed by atoms with Gasteiger partial charge in [-0.15, -0.1) is 0 Å². The van der Waals surface area contributed by atoms with Gasteiger partial charge in [0.2, 0.25) is 5.91 Å². The van der Waals surface area contributed by atoms with E-state index in [-0.39, 0.29) is 5.91 Å². The van der Waals surface area contributed by atoms with Crippen molar-refractivity contribution in [2.24, 2.45) is 0 Å². The van der Waals surface area contributed by atoms with E-state index in [2.05, 4.69) is 41.8 Å². The molecule has 0 aliphatic rings. The molecule has 0 heterocycles. The molecule has 2 N–H and O–H groups in total. The topological polar surface area (TPSA) is 41.1 Å². The molecule has 3 heteroatoms. The molecule has 1 amide bonds. The van der Waals surface area contributed by atoms with E-state index in [1.54, 1.807) is 7.05 Å². The predicted molar refractivity (Wildman–Crippen MR) is 71.1 cm³/mol. The Balaban J connectivity index is 2.06. The standard InChI is InChI=1S/C14H22N2O/c1-12-5-3-6-13(11-12)8-10-16-9-4-7-14(17)15-2/h3,5-6,11,16H,4,7-10H2,1-2H3,(H,15,17). The van der Waals surface area contributed by atoms with Crippen molar-refractivity contribution < 1.29 is 4.79 Å². The van der Waals surface area contributed by atoms with Gasteiger partial charge in [0.15, 0.2) is 0 Å². The summed E-state index contributed by atoms with van der Waals surface area (Å²) in [6.07, 6.45) is 2.54. The summed E-state index contributed by atoms with van der Waals surface area (Å²) in [5.41, 5.74) is 2.67. The predicted octanol–water partition coefficient (Wildman–Crippen LogP) is 1.65. The number of amides is 1. The minimum atomic E-state index is 0.116. The molecule has 94 valence electrons. The Morgan fingerprint density at radius 2 is 2.12 bits per heavy atom. The smallest absolute Gasteiger partial charge is 0.219 e. The number of carbonyl (C=O) groups excluding carboxylic acids is 1. The summed E-state index contributed by atoms with van der Waals surface area (Å²) in [7, 11) is 1.67. The summed E-state index contributed by atoms with van der Waals surface area (Å²) in [6.45, 7) is 3.98. The van der Waals surface area contributed by atoms with Crippen molar-refractivity contribution >= 4 is 5.91 Å². The SMILES string of the molecule is CNC(=O)CCCNCCc1cccc(C)c1. The molecular weight excluding hydrogens is 212 g/mol. The van der Waals surface area contributed by atoms with Crippen molar-refractivity contribution in [1.82, 2.24) is 10.6 Å². The quantitative estimate of drug-likeness (QED) is 0.704.